The van der Waals surface area contributed by atoms with E-state index in [1.165, 1.54) is 238 Å². The molecule has 0 aromatic heterocycles. The Bertz CT molecular complexity index is 663. The fourth-order valence-electron chi connectivity index (χ4n) is 8.31. The number of carbonyl (C=O) groups excluding carboxylic acids is 1. The minimum atomic E-state index is 0.0628. The highest BCUT2D eigenvalue weighted by atomic mass is 16.5. The molecule has 0 heterocycles. The largest absolute Gasteiger partial charge is 0.462 e. The minimum Gasteiger partial charge on any atom is -0.462 e. The van der Waals surface area contributed by atoms with Gasteiger partial charge in [-0.05, 0) is 71.0 Å². The Hall–Kier alpha value is -0.570. The molecule has 0 saturated heterocycles. The number of esters is 1. The van der Waals surface area contributed by atoms with E-state index in [2.05, 4.69) is 39.6 Å². The van der Waals surface area contributed by atoms with Crippen molar-refractivity contribution in [3.63, 3.8) is 0 Å². The lowest BCUT2D eigenvalue weighted by molar-refractivity contribution is -0.150. The average molecular weight is 748 g/mol. The summed E-state index contributed by atoms with van der Waals surface area (Å²) in [6, 6.07) is 0. The van der Waals surface area contributed by atoms with Crippen LogP contribution in [0.5, 0.6) is 0 Å². The zero-order chi connectivity index (χ0) is 38.7. The maximum absolute atomic E-state index is 12.7. The van der Waals surface area contributed by atoms with Gasteiger partial charge in [0.05, 0.1) is 0 Å². The molecule has 0 atom stereocenters. The lowest BCUT2D eigenvalue weighted by Crippen LogP contribution is -2.20. The number of carbonyl (C=O) groups is 1. The highest BCUT2D eigenvalue weighted by Gasteiger charge is 2.14. The molecule has 0 radical (unpaired) electrons. The highest BCUT2D eigenvalue weighted by Crippen LogP contribution is 2.25. The summed E-state index contributed by atoms with van der Waals surface area (Å²) in [5.41, 5.74) is 0. The quantitative estimate of drug-likeness (QED) is 0.0459. The minimum absolute atomic E-state index is 0.0628. The molecule has 0 fully saturated rings. The topological polar surface area (TPSA) is 29.5 Å². The van der Waals surface area contributed by atoms with E-state index in [0.29, 0.717) is 6.42 Å². The normalized spacial score (nSPS) is 11.8. The van der Waals surface area contributed by atoms with Crippen molar-refractivity contribution in [1.82, 2.24) is 4.90 Å². The molecular weight excluding hydrogens is 647 g/mol. The second-order valence-corrected chi connectivity index (χ2v) is 17.6. The Balaban J connectivity index is 4.00. The van der Waals surface area contributed by atoms with Gasteiger partial charge in [-0.15, -0.1) is 0 Å². The zero-order valence-corrected chi connectivity index (χ0v) is 37.6. The predicted molar refractivity (Wildman–Crippen MR) is 238 cm³/mol. The molecule has 0 aliphatic rings. The monoisotopic (exact) mass is 748 g/mol. The van der Waals surface area contributed by atoms with Crippen LogP contribution in [-0.4, -0.2) is 37.1 Å². The van der Waals surface area contributed by atoms with Crippen molar-refractivity contribution < 1.29 is 9.53 Å². The predicted octanol–water partition coefficient (Wildman–Crippen LogP) is 17.1. The molecule has 0 saturated carbocycles. The fourth-order valence-corrected chi connectivity index (χ4v) is 8.31. The van der Waals surface area contributed by atoms with E-state index >= 15 is 0 Å². The Morgan fingerprint density at radius 2 is 0.660 bits per heavy atom. The van der Waals surface area contributed by atoms with Gasteiger partial charge >= 0.3 is 5.97 Å². The van der Waals surface area contributed by atoms with E-state index in [0.717, 1.165) is 31.6 Å². The Labute approximate surface area is 336 Å². The van der Waals surface area contributed by atoms with Gasteiger partial charge in [-0.3, -0.25) is 4.79 Å². The highest BCUT2D eigenvalue weighted by molar-refractivity contribution is 5.69. The van der Waals surface area contributed by atoms with E-state index in [-0.39, 0.29) is 12.1 Å². The van der Waals surface area contributed by atoms with E-state index in [4.69, 9.17) is 4.74 Å². The fraction of sp³-hybridized carbons (Fsp3) is 0.980. The Kier molecular flexibility index (Phi) is 43.7. The first-order valence-electron chi connectivity index (χ1n) is 24.9. The first kappa shape index (κ1) is 52.4. The van der Waals surface area contributed by atoms with Crippen LogP contribution in [0.25, 0.3) is 0 Å². The molecule has 0 aliphatic carbocycles. The number of ether oxygens (including phenoxy) is 1. The van der Waals surface area contributed by atoms with Crippen LogP contribution in [0.2, 0.25) is 0 Å². The summed E-state index contributed by atoms with van der Waals surface area (Å²) in [5, 5.41) is 0. The van der Waals surface area contributed by atoms with Gasteiger partial charge in [0.15, 0.2) is 0 Å². The van der Waals surface area contributed by atoms with Crippen LogP contribution in [0.15, 0.2) is 0 Å². The van der Waals surface area contributed by atoms with Gasteiger partial charge in [-0.25, -0.2) is 0 Å². The van der Waals surface area contributed by atoms with Crippen molar-refractivity contribution in [2.24, 2.45) is 5.92 Å². The lowest BCUT2D eigenvalue weighted by atomic mass is 9.89. The molecule has 0 rings (SSSR count). The number of unbranched alkanes of at least 4 members (excludes halogenated alkanes) is 28. The standard InChI is InChI=1S/C50H101NO2/c1-6-10-14-18-24-32-40-48(41-33-25-19-15-11-7-2)42-34-26-22-30-38-46-51(5)47-39-31-23-29-37-45-50(52)53-49(43-35-27-20-16-12-8-3)44-36-28-21-17-13-9-4/h48-49H,6-47H2,1-5H3. The number of rotatable bonds is 45. The van der Waals surface area contributed by atoms with E-state index < -0.39 is 0 Å². The SMILES string of the molecule is CCCCCCCCC(CCCCCCCC)CCCCCCCN(C)CCCCCCCC(=O)OC(CCCCCCCC)CCCCCCCC. The number of hydrogen-bond acceptors (Lipinski definition) is 3. The van der Waals surface area contributed by atoms with Crippen molar-refractivity contribution >= 4 is 5.97 Å². The summed E-state index contributed by atoms with van der Waals surface area (Å²) in [5.74, 6) is 1.06. The molecule has 0 amide bonds. The number of hydrogen-bond donors (Lipinski definition) is 0. The zero-order valence-electron chi connectivity index (χ0n) is 37.6. The van der Waals surface area contributed by atoms with Crippen molar-refractivity contribution in [2.75, 3.05) is 20.1 Å². The lowest BCUT2D eigenvalue weighted by Gasteiger charge is -2.18. The van der Waals surface area contributed by atoms with E-state index in [9.17, 15) is 4.79 Å². The van der Waals surface area contributed by atoms with E-state index in [1.807, 2.05) is 0 Å². The molecule has 0 aliphatic heterocycles. The van der Waals surface area contributed by atoms with Gasteiger partial charge in [0, 0.05) is 6.42 Å². The van der Waals surface area contributed by atoms with E-state index in [1.54, 1.807) is 0 Å². The molecule has 0 aromatic carbocycles. The molecule has 0 aromatic rings. The van der Waals surface area contributed by atoms with Crippen molar-refractivity contribution in [2.45, 2.75) is 291 Å². The smallest absolute Gasteiger partial charge is 0.306 e. The van der Waals surface area contributed by atoms with Crippen LogP contribution in [0.3, 0.4) is 0 Å². The van der Waals surface area contributed by atoms with Crippen LogP contribution < -0.4 is 0 Å². The van der Waals surface area contributed by atoms with Crippen LogP contribution >= 0.6 is 0 Å². The van der Waals surface area contributed by atoms with Crippen molar-refractivity contribution in [3.8, 4) is 0 Å². The number of nitrogens with zero attached hydrogens (tertiary/aromatic N) is 1. The third-order valence-electron chi connectivity index (χ3n) is 12.1. The third-order valence-corrected chi connectivity index (χ3v) is 12.1. The first-order valence-corrected chi connectivity index (χ1v) is 24.9. The molecule has 3 nitrogen and oxygen atoms in total. The maximum Gasteiger partial charge on any atom is 0.306 e. The van der Waals surface area contributed by atoms with Crippen LogP contribution in [0, 0.1) is 5.92 Å². The summed E-state index contributed by atoms with van der Waals surface area (Å²) < 4.78 is 6.05. The average Bonchev–Trinajstić information content (AvgIpc) is 3.15. The van der Waals surface area contributed by atoms with Gasteiger partial charge < -0.3 is 9.64 Å². The van der Waals surface area contributed by atoms with Crippen molar-refractivity contribution in [3.05, 3.63) is 0 Å². The molecule has 0 spiro atoms. The third kappa shape index (κ3) is 40.9. The summed E-state index contributed by atoms with van der Waals surface area (Å²) in [6.07, 6.45) is 53.4. The Morgan fingerprint density at radius 3 is 1.02 bits per heavy atom. The Morgan fingerprint density at radius 1 is 0.377 bits per heavy atom. The van der Waals surface area contributed by atoms with Gasteiger partial charge in [0.2, 0.25) is 0 Å². The van der Waals surface area contributed by atoms with Gasteiger partial charge in [0.1, 0.15) is 6.10 Å². The first-order chi connectivity index (χ1) is 26.1. The summed E-state index contributed by atoms with van der Waals surface area (Å²) in [7, 11) is 2.32. The van der Waals surface area contributed by atoms with Crippen LogP contribution in [0.4, 0.5) is 0 Å². The molecular formula is C50H101NO2. The van der Waals surface area contributed by atoms with Gasteiger partial charge in [-0.2, -0.15) is 0 Å². The molecule has 318 valence electrons. The van der Waals surface area contributed by atoms with Crippen molar-refractivity contribution in [1.29, 1.82) is 0 Å². The van der Waals surface area contributed by atoms with Gasteiger partial charge in [-0.1, -0.05) is 233 Å². The summed E-state index contributed by atoms with van der Waals surface area (Å²) in [4.78, 5) is 15.3. The van der Waals surface area contributed by atoms with Crippen LogP contribution in [-0.2, 0) is 9.53 Å². The molecule has 3 heteroatoms. The summed E-state index contributed by atoms with van der Waals surface area (Å²) in [6.45, 7) is 11.7. The molecule has 0 N–H and O–H groups in total. The van der Waals surface area contributed by atoms with Gasteiger partial charge in [0.25, 0.3) is 0 Å². The van der Waals surface area contributed by atoms with Crippen LogP contribution in [0.1, 0.15) is 285 Å². The molecule has 0 unspecified atom stereocenters. The maximum atomic E-state index is 12.7. The second kappa shape index (κ2) is 44.1. The molecule has 0 bridgehead atoms. The second-order valence-electron chi connectivity index (χ2n) is 17.6. The molecule has 53 heavy (non-hydrogen) atoms. The summed E-state index contributed by atoms with van der Waals surface area (Å²) >= 11 is 0.